The molecule has 2 N–H and O–H groups in total. The Hall–Kier alpha value is -4.72. The summed E-state index contributed by atoms with van der Waals surface area (Å²) in [4.78, 5) is 15.7. The number of halogens is 5. The Balaban J connectivity index is 1.83. The van der Waals surface area contributed by atoms with Crippen LogP contribution in [0.2, 0.25) is 0 Å². The average Bonchev–Trinajstić information content (AvgIpc) is 3.19. The van der Waals surface area contributed by atoms with Crippen LogP contribution in [-0.4, -0.2) is 20.8 Å². The lowest BCUT2D eigenvalue weighted by atomic mass is 9.76. The predicted molar refractivity (Wildman–Crippen MR) is 118 cm³/mol. The molecule has 0 fully saturated rings. The molecular weight excluding hydrogens is 479 g/mol. The second-order valence-electron chi connectivity index (χ2n) is 7.92. The molecule has 1 aliphatic rings. The minimum atomic E-state index is -4.80. The fourth-order valence-electron chi connectivity index (χ4n) is 4.38. The van der Waals surface area contributed by atoms with Crippen LogP contribution in [0.1, 0.15) is 33.5 Å². The summed E-state index contributed by atoms with van der Waals surface area (Å²) in [5.74, 6) is -2.66. The van der Waals surface area contributed by atoms with Crippen molar-refractivity contribution in [3.8, 4) is 17.2 Å². The molecule has 0 unspecified atom stereocenters. The third-order valence-corrected chi connectivity index (χ3v) is 5.91. The summed E-state index contributed by atoms with van der Waals surface area (Å²) in [6, 6.07) is 10.5. The van der Waals surface area contributed by atoms with Gasteiger partial charge in [0.25, 0.3) is 0 Å². The molecule has 11 heteroatoms. The van der Waals surface area contributed by atoms with Crippen molar-refractivity contribution in [1.82, 2.24) is 15.0 Å². The third kappa shape index (κ3) is 3.46. The molecule has 3 heterocycles. The van der Waals surface area contributed by atoms with Gasteiger partial charge in [-0.2, -0.15) is 18.4 Å². The summed E-state index contributed by atoms with van der Waals surface area (Å²) in [6.07, 6.45) is 0.615. The van der Waals surface area contributed by atoms with Crippen molar-refractivity contribution in [1.29, 1.82) is 5.26 Å². The van der Waals surface area contributed by atoms with Crippen LogP contribution in [-0.2, 0) is 11.7 Å². The number of hydrogen-bond donors (Lipinski definition) is 1. The fraction of sp³-hybridized carbons (Fsp3) is 0.0800. The third-order valence-electron chi connectivity index (χ3n) is 5.91. The van der Waals surface area contributed by atoms with E-state index in [0.29, 0.717) is 17.2 Å². The van der Waals surface area contributed by atoms with E-state index >= 15 is 4.39 Å². The largest absolute Gasteiger partial charge is 0.433 e. The van der Waals surface area contributed by atoms with Crippen LogP contribution in [0.5, 0.6) is 0 Å². The lowest BCUT2D eigenvalue weighted by Gasteiger charge is -2.30. The smallest absolute Gasteiger partial charge is 0.383 e. The monoisotopic (exact) mass is 492 g/mol. The maximum Gasteiger partial charge on any atom is 0.433 e. The van der Waals surface area contributed by atoms with Crippen LogP contribution < -0.4 is 5.73 Å². The number of hydrogen-bond acceptors (Lipinski definition) is 6. The summed E-state index contributed by atoms with van der Waals surface area (Å²) < 4.78 is 70.5. The van der Waals surface area contributed by atoms with Gasteiger partial charge in [0.1, 0.15) is 41.1 Å². The molecule has 0 amide bonds. The summed E-state index contributed by atoms with van der Waals surface area (Å²) in [5, 5.41) is 9.52. The number of aromatic nitrogens is 3. The first-order chi connectivity index (χ1) is 17.2. The van der Waals surface area contributed by atoms with Crippen molar-refractivity contribution < 1.29 is 22.0 Å². The molecule has 0 aliphatic carbocycles. The molecule has 2 aromatic heterocycles. The maximum absolute atomic E-state index is 15.5. The fourth-order valence-corrected chi connectivity index (χ4v) is 4.38. The molecule has 0 saturated heterocycles. The van der Waals surface area contributed by atoms with Crippen LogP contribution in [0, 0.1) is 23.0 Å². The average molecular weight is 492 g/mol. The van der Waals surface area contributed by atoms with Crippen LogP contribution in [0.4, 0.5) is 22.0 Å². The number of amidine groups is 1. The van der Waals surface area contributed by atoms with Crippen molar-refractivity contribution >= 4 is 5.84 Å². The first kappa shape index (κ1) is 23.0. The van der Waals surface area contributed by atoms with Crippen molar-refractivity contribution in [2.75, 3.05) is 0 Å². The zero-order chi connectivity index (χ0) is 25.7. The van der Waals surface area contributed by atoms with E-state index in [1.165, 1.54) is 24.5 Å². The molecular formula is C25H13F5N6. The molecule has 178 valence electrons. The van der Waals surface area contributed by atoms with Gasteiger partial charge in [0.15, 0.2) is 0 Å². The number of benzene rings is 2. The topological polar surface area (TPSA) is 101 Å². The second-order valence-corrected chi connectivity index (χ2v) is 7.92. The quantitative estimate of drug-likeness (QED) is 0.417. The van der Waals surface area contributed by atoms with E-state index in [-0.39, 0.29) is 28.1 Å². The summed E-state index contributed by atoms with van der Waals surface area (Å²) in [6.45, 7) is 0. The Bertz CT molecular complexity index is 1560. The minimum Gasteiger partial charge on any atom is -0.383 e. The van der Waals surface area contributed by atoms with E-state index in [2.05, 4.69) is 19.9 Å². The van der Waals surface area contributed by atoms with E-state index in [1.54, 1.807) is 30.6 Å². The molecule has 1 atom stereocenters. The van der Waals surface area contributed by atoms with Crippen molar-refractivity contribution in [3.05, 3.63) is 113 Å². The number of nitriles is 1. The second kappa shape index (κ2) is 8.20. The SMILES string of the molecule is N#Cc1c(F)cc(F)c2c1C(N)=N[C@@]2(c1ccc(-c2cncnc2)cc1)c1ccnc(C(F)(F)F)c1. The lowest BCUT2D eigenvalue weighted by Crippen LogP contribution is -2.28. The van der Waals surface area contributed by atoms with Gasteiger partial charge in [-0.25, -0.2) is 23.7 Å². The number of aliphatic imine (C=N–C) groups is 1. The zero-order valence-electron chi connectivity index (χ0n) is 18.1. The van der Waals surface area contributed by atoms with E-state index < -0.39 is 34.6 Å². The number of nitrogens with zero attached hydrogens (tertiary/aromatic N) is 5. The first-order valence-electron chi connectivity index (χ1n) is 10.3. The Morgan fingerprint density at radius 3 is 2.22 bits per heavy atom. The molecule has 2 aromatic carbocycles. The van der Waals surface area contributed by atoms with Gasteiger partial charge >= 0.3 is 6.18 Å². The highest BCUT2D eigenvalue weighted by Crippen LogP contribution is 2.49. The lowest BCUT2D eigenvalue weighted by molar-refractivity contribution is -0.141. The number of fused-ring (bicyclic) bond motifs is 1. The highest BCUT2D eigenvalue weighted by molar-refractivity contribution is 6.05. The summed E-state index contributed by atoms with van der Waals surface area (Å²) >= 11 is 0. The molecule has 5 rings (SSSR count). The number of nitrogens with two attached hydrogens (primary N) is 1. The Kier molecular flexibility index (Phi) is 5.25. The normalized spacial score (nSPS) is 16.8. The van der Waals surface area contributed by atoms with Crippen LogP contribution >= 0.6 is 0 Å². The molecule has 0 bridgehead atoms. The molecule has 0 saturated carbocycles. The number of rotatable bonds is 3. The van der Waals surface area contributed by atoms with Crippen LogP contribution in [0.25, 0.3) is 11.1 Å². The van der Waals surface area contributed by atoms with E-state index in [1.807, 2.05) is 0 Å². The van der Waals surface area contributed by atoms with Gasteiger partial charge in [0, 0.05) is 41.3 Å². The minimum absolute atomic E-state index is 0.114. The van der Waals surface area contributed by atoms with Gasteiger partial charge in [-0.05, 0) is 28.8 Å². The molecule has 36 heavy (non-hydrogen) atoms. The molecule has 0 radical (unpaired) electrons. The van der Waals surface area contributed by atoms with Gasteiger partial charge in [-0.3, -0.25) is 4.98 Å². The van der Waals surface area contributed by atoms with Gasteiger partial charge < -0.3 is 5.73 Å². The number of pyridine rings is 1. The van der Waals surface area contributed by atoms with Gasteiger partial charge in [-0.1, -0.05) is 24.3 Å². The highest BCUT2D eigenvalue weighted by atomic mass is 19.4. The van der Waals surface area contributed by atoms with Gasteiger partial charge in [0.05, 0.1) is 5.56 Å². The summed E-state index contributed by atoms with van der Waals surface area (Å²) in [5.41, 5.74) is 3.16. The van der Waals surface area contributed by atoms with Crippen LogP contribution in [0.3, 0.4) is 0 Å². The number of alkyl halides is 3. The standard InChI is InChI=1S/C25H13F5N6/c26-18-8-19(27)22-21(17(18)9-31)23(32)36-24(22,16-5-6-35-20(7-16)25(28,29)30)15-3-1-13(2-4-15)14-10-33-12-34-11-14/h1-8,10-12H,(H2,32,36)/t24-/m0/s1. The Morgan fingerprint density at radius 2 is 1.58 bits per heavy atom. The van der Waals surface area contributed by atoms with E-state index in [0.717, 1.165) is 12.3 Å². The van der Waals surface area contributed by atoms with E-state index in [9.17, 15) is 22.8 Å². The predicted octanol–water partition coefficient (Wildman–Crippen LogP) is 4.72. The molecule has 1 aliphatic heterocycles. The van der Waals surface area contributed by atoms with Crippen molar-refractivity contribution in [2.24, 2.45) is 10.7 Å². The van der Waals surface area contributed by atoms with Gasteiger partial charge in [0.2, 0.25) is 0 Å². The van der Waals surface area contributed by atoms with Crippen molar-refractivity contribution in [2.45, 2.75) is 11.7 Å². The van der Waals surface area contributed by atoms with Crippen LogP contribution in [0.15, 0.2) is 72.4 Å². The van der Waals surface area contributed by atoms with Crippen molar-refractivity contribution in [3.63, 3.8) is 0 Å². The summed E-state index contributed by atoms with van der Waals surface area (Å²) in [7, 11) is 0. The van der Waals surface area contributed by atoms with E-state index in [4.69, 9.17) is 5.73 Å². The first-order valence-corrected chi connectivity index (χ1v) is 10.3. The van der Waals surface area contributed by atoms with Gasteiger partial charge in [-0.15, -0.1) is 0 Å². The molecule has 4 aromatic rings. The molecule has 6 nitrogen and oxygen atoms in total. The maximum atomic E-state index is 15.5. The highest BCUT2D eigenvalue weighted by Gasteiger charge is 2.48. The zero-order valence-corrected chi connectivity index (χ0v) is 18.1. The molecule has 0 spiro atoms. The Labute approximate surface area is 200 Å². The Morgan fingerprint density at radius 1 is 0.889 bits per heavy atom.